The Hall–Kier alpha value is -0.870. The summed E-state index contributed by atoms with van der Waals surface area (Å²) in [7, 11) is 0. The number of carbonyl (C=O) groups is 1. The van der Waals surface area contributed by atoms with Crippen LogP contribution in [0, 0.1) is 0 Å². The molecule has 4 heteroatoms. The van der Waals surface area contributed by atoms with Gasteiger partial charge in [-0.05, 0) is 19.3 Å². The molecule has 0 aromatic rings. The zero-order chi connectivity index (χ0) is 23.7. The van der Waals surface area contributed by atoms with Gasteiger partial charge in [0, 0.05) is 6.42 Å². The van der Waals surface area contributed by atoms with Gasteiger partial charge in [0.05, 0.1) is 18.8 Å². The smallest absolute Gasteiger partial charge is 0.220 e. The van der Waals surface area contributed by atoms with Crippen LogP contribution in [-0.2, 0) is 4.79 Å². The fourth-order valence-corrected chi connectivity index (χ4v) is 4.06. The topological polar surface area (TPSA) is 69.6 Å². The molecule has 0 bridgehead atoms. The lowest BCUT2D eigenvalue weighted by molar-refractivity contribution is -0.123. The Balaban J connectivity index is 3.65. The maximum Gasteiger partial charge on any atom is 0.220 e. The van der Waals surface area contributed by atoms with E-state index in [1.165, 1.54) is 96.3 Å². The summed E-state index contributed by atoms with van der Waals surface area (Å²) in [5, 5.41) is 22.5. The summed E-state index contributed by atoms with van der Waals surface area (Å²) in [6.45, 7) is 4.23. The van der Waals surface area contributed by atoms with Crippen molar-refractivity contribution in [2.45, 2.75) is 154 Å². The van der Waals surface area contributed by atoms with E-state index in [0.29, 0.717) is 6.42 Å². The molecule has 0 aromatic heterocycles. The van der Waals surface area contributed by atoms with Crippen molar-refractivity contribution >= 4 is 5.91 Å². The lowest BCUT2D eigenvalue weighted by Crippen LogP contribution is -2.45. The molecule has 2 unspecified atom stereocenters. The van der Waals surface area contributed by atoms with Gasteiger partial charge in [-0.2, -0.15) is 0 Å². The molecule has 0 aliphatic carbocycles. The van der Waals surface area contributed by atoms with Crippen molar-refractivity contribution in [3.63, 3.8) is 0 Å². The molecule has 2 atom stereocenters. The van der Waals surface area contributed by atoms with Crippen molar-refractivity contribution in [1.82, 2.24) is 5.32 Å². The molecule has 0 spiro atoms. The zero-order valence-corrected chi connectivity index (χ0v) is 21.5. The summed E-state index contributed by atoms with van der Waals surface area (Å²) in [6, 6.07) is -0.610. The van der Waals surface area contributed by atoms with Crippen LogP contribution in [0.3, 0.4) is 0 Å². The Labute approximate surface area is 199 Å². The number of nitrogens with one attached hydrogen (secondary N) is 1. The average Bonchev–Trinajstić information content (AvgIpc) is 2.79. The van der Waals surface area contributed by atoms with E-state index in [4.69, 9.17) is 0 Å². The Morgan fingerprint density at radius 1 is 0.719 bits per heavy atom. The van der Waals surface area contributed by atoms with E-state index in [1.807, 2.05) is 6.08 Å². The first-order valence-electron chi connectivity index (χ1n) is 13.9. The van der Waals surface area contributed by atoms with Crippen LogP contribution in [0.4, 0.5) is 0 Å². The molecule has 0 heterocycles. The fourth-order valence-electron chi connectivity index (χ4n) is 4.06. The van der Waals surface area contributed by atoms with Gasteiger partial charge in [0.25, 0.3) is 0 Å². The van der Waals surface area contributed by atoms with Crippen LogP contribution < -0.4 is 5.32 Å². The van der Waals surface area contributed by atoms with Crippen molar-refractivity contribution in [2.75, 3.05) is 6.61 Å². The minimum Gasteiger partial charge on any atom is -0.394 e. The van der Waals surface area contributed by atoms with Gasteiger partial charge in [0.1, 0.15) is 0 Å². The molecular weight excluding hydrogens is 398 g/mol. The minimum atomic E-state index is -0.828. The summed E-state index contributed by atoms with van der Waals surface area (Å²) in [5.74, 6) is -0.0702. The van der Waals surface area contributed by atoms with Crippen molar-refractivity contribution in [3.8, 4) is 0 Å². The van der Waals surface area contributed by atoms with Crippen LogP contribution >= 0.6 is 0 Å². The molecule has 1 amide bonds. The Bertz CT molecular complexity index is 425. The normalized spacial score (nSPS) is 13.5. The van der Waals surface area contributed by atoms with E-state index in [1.54, 1.807) is 6.08 Å². The van der Waals surface area contributed by atoms with Crippen LogP contribution in [0.2, 0.25) is 0 Å². The van der Waals surface area contributed by atoms with Crippen molar-refractivity contribution in [3.05, 3.63) is 12.2 Å². The lowest BCUT2D eigenvalue weighted by Gasteiger charge is -2.20. The molecule has 190 valence electrons. The first-order valence-corrected chi connectivity index (χ1v) is 13.9. The summed E-state index contributed by atoms with van der Waals surface area (Å²) in [4.78, 5) is 12.1. The second-order valence-electron chi connectivity index (χ2n) is 9.47. The van der Waals surface area contributed by atoms with E-state index in [2.05, 4.69) is 19.2 Å². The fraction of sp³-hybridized carbons (Fsp3) is 0.893. The molecular formula is C28H55NO3. The Kier molecular flexibility index (Phi) is 24.1. The highest BCUT2D eigenvalue weighted by Crippen LogP contribution is 2.13. The van der Waals surface area contributed by atoms with E-state index >= 15 is 0 Å². The molecule has 0 saturated heterocycles. The van der Waals surface area contributed by atoms with E-state index in [0.717, 1.165) is 25.7 Å². The molecule has 3 N–H and O–H groups in total. The number of carbonyl (C=O) groups excluding carboxylic acids is 1. The van der Waals surface area contributed by atoms with E-state index in [9.17, 15) is 15.0 Å². The Morgan fingerprint density at radius 3 is 1.62 bits per heavy atom. The largest absolute Gasteiger partial charge is 0.394 e. The highest BCUT2D eigenvalue weighted by molar-refractivity contribution is 5.76. The third-order valence-corrected chi connectivity index (χ3v) is 6.27. The molecule has 0 fully saturated rings. The van der Waals surface area contributed by atoms with Crippen molar-refractivity contribution in [2.24, 2.45) is 0 Å². The molecule has 0 saturated carbocycles. The second-order valence-corrected chi connectivity index (χ2v) is 9.47. The maximum atomic E-state index is 12.1. The number of aliphatic hydroxyl groups excluding tert-OH is 2. The predicted molar refractivity (Wildman–Crippen MR) is 138 cm³/mol. The zero-order valence-electron chi connectivity index (χ0n) is 21.5. The molecule has 0 aromatic carbocycles. The minimum absolute atomic E-state index is 0.0702. The van der Waals surface area contributed by atoms with Gasteiger partial charge in [-0.1, -0.05) is 129 Å². The first kappa shape index (κ1) is 31.1. The average molecular weight is 454 g/mol. The van der Waals surface area contributed by atoms with E-state index < -0.39 is 12.1 Å². The monoisotopic (exact) mass is 453 g/mol. The Morgan fingerprint density at radius 2 is 1.16 bits per heavy atom. The van der Waals surface area contributed by atoms with Gasteiger partial charge in [0.2, 0.25) is 5.91 Å². The third-order valence-electron chi connectivity index (χ3n) is 6.27. The molecule has 0 radical (unpaired) electrons. The van der Waals surface area contributed by atoms with Gasteiger partial charge in [-0.3, -0.25) is 4.79 Å². The second kappa shape index (κ2) is 24.8. The third kappa shape index (κ3) is 21.0. The van der Waals surface area contributed by atoms with Crippen LogP contribution in [0.25, 0.3) is 0 Å². The van der Waals surface area contributed by atoms with Gasteiger partial charge >= 0.3 is 0 Å². The first-order chi connectivity index (χ1) is 15.7. The number of allylic oxidation sites excluding steroid dienone is 1. The molecule has 4 nitrogen and oxygen atoms in total. The number of amides is 1. The van der Waals surface area contributed by atoms with E-state index in [-0.39, 0.29) is 12.5 Å². The molecule has 32 heavy (non-hydrogen) atoms. The van der Waals surface area contributed by atoms with Gasteiger partial charge in [-0.15, -0.1) is 0 Å². The predicted octanol–water partition coefficient (Wildman–Crippen LogP) is 7.22. The highest BCUT2D eigenvalue weighted by Gasteiger charge is 2.17. The quantitative estimate of drug-likeness (QED) is 0.107. The maximum absolute atomic E-state index is 12.1. The van der Waals surface area contributed by atoms with Gasteiger partial charge < -0.3 is 15.5 Å². The summed E-state index contributed by atoms with van der Waals surface area (Å²) in [6.07, 6.45) is 27.1. The molecule has 0 aliphatic heterocycles. The lowest BCUT2D eigenvalue weighted by atomic mass is 10.0. The SMILES string of the molecule is CCCCCCC/C=C/C(O)C(CO)NC(=O)CCCCCCCCCCCCCCC. The standard InChI is InChI=1S/C28H55NO3/c1-3-5-7-9-11-12-13-14-15-16-18-20-22-24-28(32)29-26(25-30)27(31)23-21-19-17-10-8-6-4-2/h21,23,26-27,30-31H,3-20,22,24-25H2,1-2H3,(H,29,32)/b23-21+. The molecule has 0 aliphatic rings. The number of hydrogen-bond donors (Lipinski definition) is 3. The van der Waals surface area contributed by atoms with Gasteiger partial charge in [-0.25, -0.2) is 0 Å². The van der Waals surface area contributed by atoms with Gasteiger partial charge in [0.15, 0.2) is 0 Å². The summed E-state index contributed by atoms with van der Waals surface area (Å²) >= 11 is 0. The van der Waals surface area contributed by atoms with Crippen molar-refractivity contribution < 1.29 is 15.0 Å². The number of hydrogen-bond acceptors (Lipinski definition) is 3. The number of aliphatic hydroxyl groups is 2. The van der Waals surface area contributed by atoms with Crippen LogP contribution in [0.15, 0.2) is 12.2 Å². The van der Waals surface area contributed by atoms with Crippen LogP contribution in [-0.4, -0.2) is 34.9 Å². The van der Waals surface area contributed by atoms with Crippen LogP contribution in [0.5, 0.6) is 0 Å². The number of rotatable bonds is 24. The summed E-state index contributed by atoms with van der Waals surface area (Å²) < 4.78 is 0. The summed E-state index contributed by atoms with van der Waals surface area (Å²) in [5.41, 5.74) is 0. The number of unbranched alkanes of at least 4 members (excludes halogenated alkanes) is 17. The highest BCUT2D eigenvalue weighted by atomic mass is 16.3. The van der Waals surface area contributed by atoms with Crippen molar-refractivity contribution in [1.29, 1.82) is 0 Å². The van der Waals surface area contributed by atoms with Crippen LogP contribution in [0.1, 0.15) is 142 Å². The molecule has 0 rings (SSSR count).